The first-order valence-corrected chi connectivity index (χ1v) is 13.8. The quantitative estimate of drug-likeness (QED) is 0.232. The number of nitrogens with one attached hydrogen (secondary N) is 1. The van der Waals surface area contributed by atoms with E-state index in [0.717, 1.165) is 49.4 Å². The Morgan fingerprint density at radius 1 is 0.977 bits per heavy atom. The van der Waals surface area contributed by atoms with Gasteiger partial charge >= 0.3 is 17.9 Å². The molecular weight excluding hydrogens is 563 g/mol. The predicted molar refractivity (Wildman–Crippen MR) is 154 cm³/mol. The molecule has 5 N–H and O–H groups in total. The van der Waals surface area contributed by atoms with Gasteiger partial charge in [-0.3, -0.25) is 19.3 Å². The number of carboxylic acid groups (broad SMARTS) is 3. The van der Waals surface area contributed by atoms with Crippen molar-refractivity contribution in [2.24, 2.45) is 0 Å². The summed E-state index contributed by atoms with van der Waals surface area (Å²) in [6, 6.07) is 15.1. The second kappa shape index (κ2) is 13.7. The van der Waals surface area contributed by atoms with Gasteiger partial charge in [-0.05, 0) is 56.5 Å². The molecule has 0 bridgehead atoms. The Morgan fingerprint density at radius 3 is 2.02 bits per heavy atom. The smallest absolute Gasteiger partial charge is 0.336 e. The van der Waals surface area contributed by atoms with Crippen LogP contribution in [0.5, 0.6) is 0 Å². The largest absolute Gasteiger partial charge is 0.481 e. The van der Waals surface area contributed by atoms with E-state index >= 15 is 0 Å². The van der Waals surface area contributed by atoms with Crippen molar-refractivity contribution in [1.82, 2.24) is 19.8 Å². The molecule has 1 saturated heterocycles. The number of imidazole rings is 1. The molecule has 12 nitrogen and oxygen atoms in total. The Morgan fingerprint density at radius 2 is 1.53 bits per heavy atom. The van der Waals surface area contributed by atoms with Crippen molar-refractivity contribution in [2.45, 2.75) is 70.2 Å². The van der Waals surface area contributed by atoms with Crippen molar-refractivity contribution in [3.05, 3.63) is 65.7 Å². The molecule has 13 heteroatoms. The molecule has 0 aliphatic carbocycles. The molecular formula is C30H37FN4O8. The maximum absolute atomic E-state index is 13.4. The SMILES string of the molecule is CC(=O)NC1(c2ccc(F)cc2)CCN(Cc2nc3ccccc3n2C(C)C)CC1.O=C(O)CC(O)(CC(=O)O)C(=O)O. The highest BCUT2D eigenvalue weighted by atomic mass is 19.1. The number of amides is 1. The van der Waals surface area contributed by atoms with E-state index in [1.165, 1.54) is 17.6 Å². The molecule has 0 spiro atoms. The number of halogens is 1. The van der Waals surface area contributed by atoms with E-state index in [-0.39, 0.29) is 11.7 Å². The number of piperidine rings is 1. The summed E-state index contributed by atoms with van der Waals surface area (Å²) in [7, 11) is 0. The molecule has 232 valence electrons. The number of aliphatic hydroxyl groups is 1. The Hall–Kier alpha value is -4.36. The van der Waals surface area contributed by atoms with Crippen molar-refractivity contribution >= 4 is 34.8 Å². The van der Waals surface area contributed by atoms with Gasteiger partial charge in [-0.2, -0.15) is 0 Å². The Kier molecular flexibility index (Phi) is 10.6. The Bertz CT molecular complexity index is 1450. The molecule has 0 unspecified atom stereocenters. The van der Waals surface area contributed by atoms with Crippen molar-refractivity contribution in [3.8, 4) is 0 Å². The van der Waals surface area contributed by atoms with Crippen LogP contribution >= 0.6 is 0 Å². The number of carboxylic acids is 3. The van der Waals surface area contributed by atoms with Crippen LogP contribution in [0.2, 0.25) is 0 Å². The average molecular weight is 601 g/mol. The van der Waals surface area contributed by atoms with Crippen LogP contribution in [0, 0.1) is 5.82 Å². The van der Waals surface area contributed by atoms with Crippen LogP contribution in [0.25, 0.3) is 11.0 Å². The summed E-state index contributed by atoms with van der Waals surface area (Å²) in [5.74, 6) is -4.27. The summed E-state index contributed by atoms with van der Waals surface area (Å²) in [4.78, 5) is 49.7. The van der Waals surface area contributed by atoms with Crippen molar-refractivity contribution in [3.63, 3.8) is 0 Å². The highest BCUT2D eigenvalue weighted by Gasteiger charge is 2.41. The topological polar surface area (TPSA) is 182 Å². The van der Waals surface area contributed by atoms with E-state index in [1.807, 2.05) is 6.07 Å². The zero-order chi connectivity index (χ0) is 31.9. The van der Waals surface area contributed by atoms with E-state index < -0.39 is 41.9 Å². The van der Waals surface area contributed by atoms with Crippen LogP contribution < -0.4 is 5.32 Å². The number of fused-ring (bicyclic) bond motifs is 1. The molecule has 1 aliphatic heterocycles. The van der Waals surface area contributed by atoms with Gasteiger partial charge in [0, 0.05) is 26.1 Å². The molecule has 1 aliphatic rings. The third-order valence-corrected chi connectivity index (χ3v) is 7.36. The second-order valence-corrected chi connectivity index (χ2v) is 11.0. The highest BCUT2D eigenvalue weighted by Crippen LogP contribution is 2.34. The lowest BCUT2D eigenvalue weighted by molar-refractivity contribution is -0.170. The van der Waals surface area contributed by atoms with Gasteiger partial charge in [0.2, 0.25) is 5.91 Å². The van der Waals surface area contributed by atoms with Gasteiger partial charge in [0.25, 0.3) is 0 Å². The first kappa shape index (κ1) is 33.1. The van der Waals surface area contributed by atoms with Gasteiger partial charge in [0.1, 0.15) is 11.6 Å². The summed E-state index contributed by atoms with van der Waals surface area (Å²) in [6.45, 7) is 8.35. The van der Waals surface area contributed by atoms with E-state index in [9.17, 15) is 23.6 Å². The van der Waals surface area contributed by atoms with Crippen LogP contribution in [-0.4, -0.2) is 77.4 Å². The van der Waals surface area contributed by atoms with Crippen molar-refractivity contribution < 1.29 is 44.0 Å². The standard InChI is InChI=1S/C24H29FN4O.C6H8O7/c1-17(2)29-22-7-5-4-6-21(22)26-23(29)16-28-14-12-24(13-15-28,27-18(3)30)19-8-10-20(25)11-9-19;7-3(8)1-6(13,5(11)12)2-4(9)10/h4-11,17H,12-16H2,1-3H3,(H,27,30);13H,1-2H2,(H,7,8)(H,9,10)(H,11,12). The fourth-order valence-electron chi connectivity index (χ4n) is 5.38. The lowest BCUT2D eigenvalue weighted by Gasteiger charge is -2.42. The van der Waals surface area contributed by atoms with Crippen LogP contribution in [0.3, 0.4) is 0 Å². The minimum atomic E-state index is -2.74. The molecule has 2 aromatic carbocycles. The second-order valence-electron chi connectivity index (χ2n) is 11.0. The summed E-state index contributed by atoms with van der Waals surface area (Å²) < 4.78 is 15.7. The van der Waals surface area contributed by atoms with Gasteiger partial charge in [0.05, 0.1) is 36.0 Å². The van der Waals surface area contributed by atoms with Gasteiger partial charge in [-0.1, -0.05) is 24.3 Å². The minimum absolute atomic E-state index is 0.0608. The fourth-order valence-corrected chi connectivity index (χ4v) is 5.38. The van der Waals surface area contributed by atoms with Crippen LogP contribution in [0.15, 0.2) is 48.5 Å². The molecule has 0 saturated carbocycles. The molecule has 3 aromatic rings. The summed E-state index contributed by atoms with van der Waals surface area (Å²) in [6.07, 6.45) is -0.733. The fraction of sp³-hybridized carbons (Fsp3) is 0.433. The first-order valence-electron chi connectivity index (χ1n) is 13.8. The Labute approximate surface area is 247 Å². The number of aromatic nitrogens is 2. The summed E-state index contributed by atoms with van der Waals surface area (Å²) >= 11 is 0. The van der Waals surface area contributed by atoms with Crippen LogP contribution in [-0.2, 0) is 31.3 Å². The van der Waals surface area contributed by atoms with Crippen LogP contribution in [0.4, 0.5) is 4.39 Å². The maximum Gasteiger partial charge on any atom is 0.336 e. The van der Waals surface area contributed by atoms with Gasteiger partial charge < -0.3 is 30.3 Å². The van der Waals surface area contributed by atoms with E-state index in [1.54, 1.807) is 19.1 Å². The number of rotatable bonds is 10. The number of carbonyl (C=O) groups is 4. The number of nitrogens with zero attached hydrogens (tertiary/aromatic N) is 3. The molecule has 1 fully saturated rings. The van der Waals surface area contributed by atoms with Crippen LogP contribution in [0.1, 0.15) is 63.9 Å². The number of aliphatic carboxylic acids is 3. The Balaban J connectivity index is 0.000000331. The molecule has 0 atom stereocenters. The van der Waals surface area contributed by atoms with Gasteiger partial charge in [-0.15, -0.1) is 0 Å². The first-order chi connectivity index (χ1) is 20.2. The summed E-state index contributed by atoms with van der Waals surface area (Å²) in [5.41, 5.74) is -0.0324. The zero-order valence-corrected chi connectivity index (χ0v) is 24.3. The monoisotopic (exact) mass is 600 g/mol. The lowest BCUT2D eigenvalue weighted by Crippen LogP contribution is -2.52. The lowest BCUT2D eigenvalue weighted by atomic mass is 9.80. The van der Waals surface area contributed by atoms with E-state index in [2.05, 4.69) is 46.8 Å². The number of hydrogen-bond donors (Lipinski definition) is 5. The number of benzene rings is 2. The maximum atomic E-state index is 13.4. The van der Waals surface area contributed by atoms with Gasteiger partial charge in [-0.25, -0.2) is 14.2 Å². The molecule has 1 amide bonds. The molecule has 43 heavy (non-hydrogen) atoms. The zero-order valence-electron chi connectivity index (χ0n) is 24.3. The van der Waals surface area contributed by atoms with E-state index in [0.29, 0.717) is 6.04 Å². The summed E-state index contributed by atoms with van der Waals surface area (Å²) in [5, 5.41) is 37.0. The normalized spacial score (nSPS) is 15.0. The third kappa shape index (κ3) is 8.36. The van der Waals surface area contributed by atoms with Gasteiger partial charge in [0.15, 0.2) is 5.60 Å². The number of hydrogen-bond acceptors (Lipinski definition) is 7. The van der Waals surface area contributed by atoms with Crippen molar-refractivity contribution in [1.29, 1.82) is 0 Å². The molecule has 0 radical (unpaired) electrons. The van der Waals surface area contributed by atoms with E-state index in [4.69, 9.17) is 25.4 Å². The third-order valence-electron chi connectivity index (χ3n) is 7.36. The minimum Gasteiger partial charge on any atom is -0.481 e. The average Bonchev–Trinajstić information content (AvgIpc) is 3.27. The molecule has 4 rings (SSSR count). The number of carbonyl (C=O) groups excluding carboxylic acids is 1. The predicted octanol–water partition coefficient (Wildman–Crippen LogP) is 3.14. The number of likely N-dealkylation sites (tertiary alicyclic amines) is 1. The molecule has 2 heterocycles. The highest BCUT2D eigenvalue weighted by molar-refractivity contribution is 5.88. The molecule has 1 aromatic heterocycles. The number of para-hydroxylation sites is 2. The van der Waals surface area contributed by atoms with Crippen molar-refractivity contribution in [2.75, 3.05) is 13.1 Å².